The average molecular weight is 251 g/mol. The molecule has 1 aliphatic rings. The Kier molecular flexibility index (Phi) is 4.19. The van der Waals surface area contributed by atoms with E-state index in [-0.39, 0.29) is 0 Å². The summed E-state index contributed by atoms with van der Waals surface area (Å²) in [6.45, 7) is 2.46. The van der Waals surface area contributed by atoms with E-state index in [2.05, 4.69) is 4.98 Å². The first-order valence-corrected chi connectivity index (χ1v) is 6.64. The lowest BCUT2D eigenvalue weighted by molar-refractivity contribution is -0.0993. The minimum Gasteiger partial charge on any atom is -0.492 e. The minimum atomic E-state index is -1.01. The Bertz CT molecular complexity index is 388. The Morgan fingerprint density at radius 1 is 1.33 bits per heavy atom. The highest BCUT2D eigenvalue weighted by molar-refractivity contribution is 5.27. The molecule has 1 aromatic heterocycles. The number of aliphatic hydroxyl groups is 2. The quantitative estimate of drug-likeness (QED) is 0.861. The number of aliphatic hydroxyl groups excluding tert-OH is 1. The van der Waals surface area contributed by atoms with Gasteiger partial charge in [-0.05, 0) is 25.8 Å². The smallest absolute Gasteiger partial charge is 0.137 e. The first-order chi connectivity index (χ1) is 8.65. The van der Waals surface area contributed by atoms with Crippen LogP contribution in [0.25, 0.3) is 0 Å². The van der Waals surface area contributed by atoms with Gasteiger partial charge in [0.25, 0.3) is 0 Å². The van der Waals surface area contributed by atoms with E-state index in [1.165, 1.54) is 0 Å². The van der Waals surface area contributed by atoms with Gasteiger partial charge in [0.2, 0.25) is 0 Å². The maximum atomic E-state index is 10.5. The van der Waals surface area contributed by atoms with Crippen LogP contribution in [-0.2, 0) is 0 Å². The summed E-state index contributed by atoms with van der Waals surface area (Å²) in [7, 11) is 0. The molecule has 4 nitrogen and oxygen atoms in total. The Labute approximate surface area is 108 Å². The Morgan fingerprint density at radius 3 is 2.72 bits per heavy atom. The normalized spacial score (nSPS) is 20.4. The first-order valence-electron chi connectivity index (χ1n) is 6.64. The third kappa shape index (κ3) is 2.82. The van der Waals surface area contributed by atoms with E-state index in [0.29, 0.717) is 30.8 Å². The van der Waals surface area contributed by atoms with Gasteiger partial charge in [-0.3, -0.25) is 4.98 Å². The van der Waals surface area contributed by atoms with Gasteiger partial charge in [-0.25, -0.2) is 0 Å². The molecule has 100 valence electrons. The van der Waals surface area contributed by atoms with Crippen molar-refractivity contribution in [1.82, 2.24) is 4.98 Å². The van der Waals surface area contributed by atoms with Crippen LogP contribution < -0.4 is 4.74 Å². The molecule has 1 saturated carbocycles. The van der Waals surface area contributed by atoms with Crippen molar-refractivity contribution in [3.05, 3.63) is 24.0 Å². The molecule has 1 atom stereocenters. The van der Waals surface area contributed by atoms with Crippen LogP contribution in [-0.4, -0.2) is 27.4 Å². The van der Waals surface area contributed by atoms with Crippen LogP contribution in [0.3, 0.4) is 0 Å². The lowest BCUT2D eigenvalue weighted by Crippen LogP contribution is -2.38. The first kappa shape index (κ1) is 13.3. The van der Waals surface area contributed by atoms with Gasteiger partial charge in [-0.1, -0.05) is 19.3 Å². The van der Waals surface area contributed by atoms with Gasteiger partial charge in [0.15, 0.2) is 0 Å². The Hall–Kier alpha value is -1.13. The molecule has 0 amide bonds. The topological polar surface area (TPSA) is 62.6 Å². The molecule has 18 heavy (non-hydrogen) atoms. The molecular formula is C14H21NO3. The van der Waals surface area contributed by atoms with Crippen molar-refractivity contribution < 1.29 is 14.9 Å². The standard InChI is InChI=1S/C14H21NO3/c1-2-18-12-8-11(9-15-10-12)13(16)14(17)6-4-3-5-7-14/h8-10,13,16-17H,2-7H2,1H3. The van der Waals surface area contributed by atoms with E-state index in [0.717, 1.165) is 19.3 Å². The van der Waals surface area contributed by atoms with E-state index in [1.807, 2.05) is 6.92 Å². The minimum absolute atomic E-state index is 0.561. The summed E-state index contributed by atoms with van der Waals surface area (Å²) < 4.78 is 5.36. The Balaban J connectivity index is 2.16. The molecule has 0 bridgehead atoms. The number of rotatable bonds is 4. The molecule has 1 aromatic rings. The lowest BCUT2D eigenvalue weighted by atomic mass is 9.79. The highest BCUT2D eigenvalue weighted by atomic mass is 16.5. The zero-order chi connectivity index (χ0) is 13.0. The van der Waals surface area contributed by atoms with Crippen molar-refractivity contribution >= 4 is 0 Å². The van der Waals surface area contributed by atoms with Gasteiger partial charge in [0.05, 0.1) is 18.4 Å². The van der Waals surface area contributed by atoms with Crippen LogP contribution in [0.4, 0.5) is 0 Å². The van der Waals surface area contributed by atoms with Crippen molar-refractivity contribution in [3.8, 4) is 5.75 Å². The average Bonchev–Trinajstić information content (AvgIpc) is 2.39. The predicted octanol–water partition coefficient (Wildman–Crippen LogP) is 2.21. The second-order valence-corrected chi connectivity index (χ2v) is 4.95. The molecule has 0 spiro atoms. The lowest BCUT2D eigenvalue weighted by Gasteiger charge is -2.36. The molecular weight excluding hydrogens is 230 g/mol. The van der Waals surface area contributed by atoms with Crippen LogP contribution in [0.2, 0.25) is 0 Å². The highest BCUT2D eigenvalue weighted by Crippen LogP contribution is 2.38. The maximum absolute atomic E-state index is 10.5. The van der Waals surface area contributed by atoms with E-state index in [9.17, 15) is 10.2 Å². The van der Waals surface area contributed by atoms with Gasteiger partial charge in [-0.2, -0.15) is 0 Å². The summed E-state index contributed by atoms with van der Waals surface area (Å²) in [4.78, 5) is 4.05. The SMILES string of the molecule is CCOc1cncc(C(O)C2(O)CCCCC2)c1. The third-order valence-corrected chi connectivity index (χ3v) is 3.59. The fourth-order valence-electron chi connectivity index (χ4n) is 2.58. The molecule has 2 rings (SSSR count). The molecule has 4 heteroatoms. The molecule has 1 unspecified atom stereocenters. The number of pyridine rings is 1. The second kappa shape index (κ2) is 5.67. The van der Waals surface area contributed by atoms with Crippen LogP contribution in [0.15, 0.2) is 18.5 Å². The molecule has 0 aliphatic heterocycles. The van der Waals surface area contributed by atoms with E-state index >= 15 is 0 Å². The number of ether oxygens (including phenoxy) is 1. The number of nitrogens with zero attached hydrogens (tertiary/aromatic N) is 1. The highest BCUT2D eigenvalue weighted by Gasteiger charge is 2.37. The largest absolute Gasteiger partial charge is 0.492 e. The fourth-order valence-corrected chi connectivity index (χ4v) is 2.58. The van der Waals surface area contributed by atoms with Crippen molar-refractivity contribution in [2.24, 2.45) is 0 Å². The second-order valence-electron chi connectivity index (χ2n) is 4.95. The van der Waals surface area contributed by atoms with Gasteiger partial charge < -0.3 is 14.9 Å². The monoisotopic (exact) mass is 251 g/mol. The zero-order valence-corrected chi connectivity index (χ0v) is 10.8. The number of hydrogen-bond acceptors (Lipinski definition) is 4. The summed E-state index contributed by atoms with van der Waals surface area (Å²) in [6, 6.07) is 1.76. The molecule has 1 aliphatic carbocycles. The summed E-state index contributed by atoms with van der Waals surface area (Å²) in [5, 5.41) is 20.8. The zero-order valence-electron chi connectivity index (χ0n) is 10.8. The molecule has 2 N–H and O–H groups in total. The van der Waals surface area contributed by atoms with Gasteiger partial charge in [-0.15, -0.1) is 0 Å². The molecule has 0 radical (unpaired) electrons. The van der Waals surface area contributed by atoms with E-state index in [4.69, 9.17) is 4.74 Å². The number of hydrogen-bond donors (Lipinski definition) is 2. The predicted molar refractivity (Wildman–Crippen MR) is 68.4 cm³/mol. The van der Waals surface area contributed by atoms with E-state index in [1.54, 1.807) is 18.5 Å². The summed E-state index contributed by atoms with van der Waals surface area (Å²) in [6.07, 6.45) is 6.68. The van der Waals surface area contributed by atoms with Crippen molar-refractivity contribution in [1.29, 1.82) is 0 Å². The summed E-state index contributed by atoms with van der Waals surface area (Å²) in [5.74, 6) is 0.633. The van der Waals surface area contributed by atoms with Crippen LogP contribution >= 0.6 is 0 Å². The molecule has 1 fully saturated rings. The van der Waals surface area contributed by atoms with Crippen LogP contribution in [0, 0.1) is 0 Å². The fraction of sp³-hybridized carbons (Fsp3) is 0.643. The summed E-state index contributed by atoms with van der Waals surface area (Å²) >= 11 is 0. The van der Waals surface area contributed by atoms with Crippen LogP contribution in [0.1, 0.15) is 50.7 Å². The number of aromatic nitrogens is 1. The van der Waals surface area contributed by atoms with Gasteiger partial charge in [0, 0.05) is 11.8 Å². The van der Waals surface area contributed by atoms with Crippen molar-refractivity contribution in [3.63, 3.8) is 0 Å². The van der Waals surface area contributed by atoms with Crippen molar-refractivity contribution in [2.45, 2.75) is 50.7 Å². The Morgan fingerprint density at radius 2 is 2.06 bits per heavy atom. The van der Waals surface area contributed by atoms with Crippen molar-refractivity contribution in [2.75, 3.05) is 6.61 Å². The van der Waals surface area contributed by atoms with Gasteiger partial charge in [0.1, 0.15) is 11.9 Å². The van der Waals surface area contributed by atoms with Crippen LogP contribution in [0.5, 0.6) is 5.75 Å². The molecule has 1 heterocycles. The van der Waals surface area contributed by atoms with E-state index < -0.39 is 11.7 Å². The third-order valence-electron chi connectivity index (χ3n) is 3.59. The molecule has 0 saturated heterocycles. The molecule has 0 aromatic carbocycles. The maximum Gasteiger partial charge on any atom is 0.137 e. The van der Waals surface area contributed by atoms with Gasteiger partial charge >= 0.3 is 0 Å². The summed E-state index contributed by atoms with van der Waals surface area (Å²) in [5.41, 5.74) is -0.379.